The predicted octanol–water partition coefficient (Wildman–Crippen LogP) is 3.59. The minimum Gasteiger partial charge on any atom is -0.377 e. The van der Waals surface area contributed by atoms with E-state index in [9.17, 15) is 4.21 Å². The highest BCUT2D eigenvalue weighted by Gasteiger charge is 2.14. The molecule has 7 heteroatoms. The maximum Gasteiger partial charge on any atom is 0.188 e. The normalized spacial score (nSPS) is 17.5. The molecule has 1 fully saturated rings. The Kier molecular flexibility index (Phi) is 6.86. The zero-order chi connectivity index (χ0) is 16.6. The van der Waals surface area contributed by atoms with Crippen molar-refractivity contribution in [2.45, 2.75) is 50.4 Å². The molecule has 0 spiro atoms. The van der Waals surface area contributed by atoms with Crippen LogP contribution in [0.1, 0.15) is 44.2 Å². The smallest absolute Gasteiger partial charge is 0.188 e. The van der Waals surface area contributed by atoms with Crippen LogP contribution in [-0.2, 0) is 21.3 Å². The summed E-state index contributed by atoms with van der Waals surface area (Å²) in [6, 6.07) is 1.78. The van der Waals surface area contributed by atoms with Gasteiger partial charge in [0.15, 0.2) is 10.8 Å². The molecule has 1 atom stereocenters. The first-order valence-corrected chi connectivity index (χ1v) is 10.9. The van der Waals surface area contributed by atoms with E-state index >= 15 is 0 Å². The van der Waals surface area contributed by atoms with Gasteiger partial charge >= 0.3 is 0 Å². The van der Waals surface area contributed by atoms with Crippen LogP contribution in [0.3, 0.4) is 0 Å². The van der Waals surface area contributed by atoms with E-state index in [-0.39, 0.29) is 0 Å². The highest BCUT2D eigenvalue weighted by atomic mass is 32.2. The van der Waals surface area contributed by atoms with E-state index in [2.05, 4.69) is 15.0 Å². The molecule has 1 aliphatic rings. The second-order valence-corrected chi connectivity index (χ2v) is 8.42. The Balaban J connectivity index is 1.43. The largest absolute Gasteiger partial charge is 0.377 e. The molecule has 1 unspecified atom stereocenters. The van der Waals surface area contributed by atoms with E-state index < -0.39 is 10.8 Å². The van der Waals surface area contributed by atoms with E-state index in [4.69, 9.17) is 4.74 Å². The second kappa shape index (κ2) is 9.34. The van der Waals surface area contributed by atoms with E-state index in [0.29, 0.717) is 30.0 Å². The maximum absolute atomic E-state index is 12.2. The van der Waals surface area contributed by atoms with Gasteiger partial charge in [-0.3, -0.25) is 4.21 Å². The standard InChI is InChI=1S/C17H23N3O2S2/c21-24(11-10-22-15-6-3-1-2-4-7-15)13-14-12-23-17(20-14)16-18-8-5-9-19-16/h5,8-9,12,15H,1-4,6-7,10-11,13H2. The lowest BCUT2D eigenvalue weighted by Gasteiger charge is -2.14. The Bertz CT molecular complexity index is 640. The minimum atomic E-state index is -0.944. The summed E-state index contributed by atoms with van der Waals surface area (Å²) in [5.74, 6) is 1.67. The van der Waals surface area contributed by atoms with E-state index in [1.165, 1.54) is 37.0 Å². The number of thiazole rings is 1. The summed E-state index contributed by atoms with van der Waals surface area (Å²) in [7, 11) is -0.944. The SMILES string of the molecule is O=S(CCOC1CCCCCC1)Cc1csc(-c2ncccn2)n1. The van der Waals surface area contributed by atoms with Crippen LogP contribution in [0.15, 0.2) is 23.8 Å². The number of nitrogens with zero attached hydrogens (tertiary/aromatic N) is 3. The fraction of sp³-hybridized carbons (Fsp3) is 0.588. The minimum absolute atomic E-state index is 0.366. The third-order valence-corrected chi connectivity index (χ3v) is 6.21. The molecule has 0 saturated heterocycles. The molecule has 0 radical (unpaired) electrons. The van der Waals surface area contributed by atoms with Gasteiger partial charge in [0, 0.05) is 34.3 Å². The third kappa shape index (κ3) is 5.43. The first-order valence-electron chi connectivity index (χ1n) is 8.49. The van der Waals surface area contributed by atoms with Gasteiger partial charge in [-0.25, -0.2) is 15.0 Å². The third-order valence-electron chi connectivity index (χ3n) is 4.08. The Morgan fingerprint density at radius 2 is 1.92 bits per heavy atom. The van der Waals surface area contributed by atoms with Gasteiger partial charge in [-0.15, -0.1) is 11.3 Å². The molecule has 2 aromatic heterocycles. The summed E-state index contributed by atoms with van der Waals surface area (Å²) in [4.78, 5) is 12.9. The van der Waals surface area contributed by atoms with Gasteiger partial charge in [-0.2, -0.15) is 0 Å². The molecular formula is C17H23N3O2S2. The van der Waals surface area contributed by atoms with Crippen molar-refractivity contribution in [2.24, 2.45) is 0 Å². The number of hydrogen-bond donors (Lipinski definition) is 0. The molecule has 130 valence electrons. The molecule has 0 bridgehead atoms. The molecule has 0 aliphatic heterocycles. The van der Waals surface area contributed by atoms with Crippen LogP contribution in [-0.4, -0.2) is 37.6 Å². The van der Waals surface area contributed by atoms with Crippen LogP contribution < -0.4 is 0 Å². The summed E-state index contributed by atoms with van der Waals surface area (Å²) in [6.45, 7) is 0.579. The number of aromatic nitrogens is 3. The number of hydrogen-bond acceptors (Lipinski definition) is 6. The van der Waals surface area contributed by atoms with Gasteiger partial charge in [-0.1, -0.05) is 25.7 Å². The lowest BCUT2D eigenvalue weighted by Crippen LogP contribution is -2.16. The van der Waals surface area contributed by atoms with Crippen molar-refractivity contribution < 1.29 is 8.95 Å². The summed E-state index contributed by atoms with van der Waals surface area (Å²) in [5.41, 5.74) is 0.843. The molecule has 0 aromatic carbocycles. The fourth-order valence-electron chi connectivity index (χ4n) is 2.84. The maximum atomic E-state index is 12.2. The summed E-state index contributed by atoms with van der Waals surface area (Å²) in [5, 5.41) is 2.72. The van der Waals surface area contributed by atoms with Crippen LogP contribution in [0.5, 0.6) is 0 Å². The van der Waals surface area contributed by atoms with Crippen molar-refractivity contribution >= 4 is 22.1 Å². The molecule has 1 aliphatic carbocycles. The van der Waals surface area contributed by atoms with E-state index in [1.54, 1.807) is 18.5 Å². The summed E-state index contributed by atoms with van der Waals surface area (Å²) in [6.07, 6.45) is 11.2. The zero-order valence-corrected chi connectivity index (χ0v) is 15.4. The van der Waals surface area contributed by atoms with Crippen molar-refractivity contribution in [3.63, 3.8) is 0 Å². The highest BCUT2D eigenvalue weighted by molar-refractivity contribution is 7.84. The average Bonchev–Trinajstić information content (AvgIpc) is 2.90. The molecule has 0 N–H and O–H groups in total. The Labute approximate surface area is 149 Å². The predicted molar refractivity (Wildman–Crippen MR) is 97.3 cm³/mol. The zero-order valence-electron chi connectivity index (χ0n) is 13.7. The van der Waals surface area contributed by atoms with Crippen LogP contribution >= 0.6 is 11.3 Å². The van der Waals surface area contributed by atoms with Crippen LogP contribution in [0.25, 0.3) is 10.8 Å². The Morgan fingerprint density at radius 3 is 2.67 bits per heavy atom. The molecular weight excluding hydrogens is 342 g/mol. The average molecular weight is 366 g/mol. The molecule has 24 heavy (non-hydrogen) atoms. The topological polar surface area (TPSA) is 65.0 Å². The molecule has 0 amide bonds. The van der Waals surface area contributed by atoms with Crippen molar-refractivity contribution in [3.8, 4) is 10.8 Å². The number of rotatable bonds is 7. The molecule has 5 nitrogen and oxygen atoms in total. The molecule has 2 aromatic rings. The molecule has 3 rings (SSSR count). The van der Waals surface area contributed by atoms with Gasteiger partial charge in [-0.05, 0) is 18.9 Å². The van der Waals surface area contributed by atoms with Crippen molar-refractivity contribution in [1.82, 2.24) is 15.0 Å². The fourth-order valence-corrected chi connectivity index (χ4v) is 4.61. The lowest BCUT2D eigenvalue weighted by molar-refractivity contribution is 0.0539. The summed E-state index contributed by atoms with van der Waals surface area (Å²) >= 11 is 1.49. The second-order valence-electron chi connectivity index (χ2n) is 5.99. The Hall–Kier alpha value is -1.18. The van der Waals surface area contributed by atoms with E-state index in [1.807, 2.05) is 5.38 Å². The lowest BCUT2D eigenvalue weighted by atomic mass is 10.1. The van der Waals surface area contributed by atoms with Crippen LogP contribution in [0.4, 0.5) is 0 Å². The van der Waals surface area contributed by atoms with Crippen LogP contribution in [0, 0.1) is 0 Å². The van der Waals surface area contributed by atoms with E-state index in [0.717, 1.165) is 23.5 Å². The van der Waals surface area contributed by atoms with Gasteiger partial charge in [0.25, 0.3) is 0 Å². The van der Waals surface area contributed by atoms with Crippen molar-refractivity contribution in [1.29, 1.82) is 0 Å². The van der Waals surface area contributed by atoms with Gasteiger partial charge in [0.1, 0.15) is 0 Å². The quantitative estimate of drug-likeness (QED) is 0.702. The monoisotopic (exact) mass is 365 g/mol. The van der Waals surface area contributed by atoms with Crippen LogP contribution in [0.2, 0.25) is 0 Å². The molecule has 2 heterocycles. The van der Waals surface area contributed by atoms with Crippen molar-refractivity contribution in [2.75, 3.05) is 12.4 Å². The first kappa shape index (κ1) is 17.6. The first-order chi connectivity index (χ1) is 11.8. The molecule has 1 saturated carbocycles. The summed E-state index contributed by atoms with van der Waals surface area (Å²) < 4.78 is 18.1. The highest BCUT2D eigenvalue weighted by Crippen LogP contribution is 2.21. The number of ether oxygens (including phenoxy) is 1. The Morgan fingerprint density at radius 1 is 1.17 bits per heavy atom. The van der Waals surface area contributed by atoms with Gasteiger partial charge in [0.2, 0.25) is 0 Å². The van der Waals surface area contributed by atoms with Gasteiger partial charge < -0.3 is 4.74 Å². The van der Waals surface area contributed by atoms with Gasteiger partial charge in [0.05, 0.1) is 24.2 Å². The van der Waals surface area contributed by atoms with Crippen molar-refractivity contribution in [3.05, 3.63) is 29.5 Å².